The van der Waals surface area contributed by atoms with E-state index in [-0.39, 0.29) is 30.4 Å². The molecular weight excluding hydrogens is 578 g/mol. The summed E-state index contributed by atoms with van der Waals surface area (Å²) in [6, 6.07) is 11.4. The largest absolute Gasteiger partial charge is 0.481 e. The lowest BCUT2D eigenvalue weighted by atomic mass is 9.53. The number of fused-ring (bicyclic) bond motifs is 3. The molecular formula is C35H36ClN3O5. The summed E-state index contributed by atoms with van der Waals surface area (Å²) < 4.78 is 10.8. The number of hydrogen-bond acceptors (Lipinski definition) is 5. The summed E-state index contributed by atoms with van der Waals surface area (Å²) in [5, 5.41) is 4.32. The first-order valence-electron chi connectivity index (χ1n) is 15.4. The van der Waals surface area contributed by atoms with Crippen LogP contribution in [0.5, 0.6) is 5.75 Å². The molecule has 44 heavy (non-hydrogen) atoms. The van der Waals surface area contributed by atoms with Crippen molar-refractivity contribution in [1.29, 1.82) is 0 Å². The Balaban J connectivity index is 1.24. The highest BCUT2D eigenvalue weighted by atomic mass is 35.5. The number of alkyl halides is 1. The minimum atomic E-state index is -0.892. The Morgan fingerprint density at radius 1 is 1.07 bits per heavy atom. The van der Waals surface area contributed by atoms with E-state index in [1.807, 2.05) is 42.5 Å². The number of nitrogens with zero attached hydrogens (tertiary/aromatic N) is 1. The summed E-state index contributed by atoms with van der Waals surface area (Å²) in [5.74, 6) is 4.00. The van der Waals surface area contributed by atoms with Gasteiger partial charge in [0.2, 0.25) is 5.91 Å². The van der Waals surface area contributed by atoms with Crippen LogP contribution in [0.2, 0.25) is 0 Å². The number of hydrogen-bond donors (Lipinski definition) is 2. The second kappa shape index (κ2) is 11.2. The zero-order valence-corrected chi connectivity index (χ0v) is 25.5. The lowest BCUT2D eigenvalue weighted by Gasteiger charge is -2.56. The number of carbonyl (C=O) groups excluding carboxylic acids is 3. The Kier molecular flexibility index (Phi) is 7.32. The molecule has 9 heteroatoms. The highest BCUT2D eigenvalue weighted by Crippen LogP contribution is 2.55. The van der Waals surface area contributed by atoms with Gasteiger partial charge in [-0.15, -0.1) is 18.0 Å². The van der Waals surface area contributed by atoms with Crippen molar-refractivity contribution in [2.75, 3.05) is 19.6 Å². The fraction of sp³-hybridized carbons (Fsp3) is 0.457. The van der Waals surface area contributed by atoms with Gasteiger partial charge in [-0.1, -0.05) is 18.1 Å². The summed E-state index contributed by atoms with van der Waals surface area (Å²) in [4.78, 5) is 45.1. The first-order chi connectivity index (χ1) is 21.3. The van der Waals surface area contributed by atoms with E-state index in [2.05, 4.69) is 16.2 Å². The van der Waals surface area contributed by atoms with Crippen molar-refractivity contribution in [3.8, 4) is 18.1 Å². The average molecular weight is 614 g/mol. The van der Waals surface area contributed by atoms with Crippen LogP contribution < -0.4 is 10.1 Å². The molecule has 8 rings (SSSR count). The van der Waals surface area contributed by atoms with E-state index in [0.29, 0.717) is 11.3 Å². The van der Waals surface area contributed by atoms with Crippen LogP contribution in [0.4, 0.5) is 0 Å². The number of nitrogens with one attached hydrogen (secondary N) is 2. The van der Waals surface area contributed by atoms with E-state index in [0.717, 1.165) is 64.7 Å². The topological polar surface area (TPSA) is 101 Å². The van der Waals surface area contributed by atoms with Gasteiger partial charge in [0, 0.05) is 34.1 Å². The lowest BCUT2D eigenvalue weighted by molar-refractivity contribution is -0.154. The molecule has 5 aliphatic rings. The van der Waals surface area contributed by atoms with Gasteiger partial charge in [-0.05, 0) is 97.7 Å². The maximum Gasteiger partial charge on any atom is 0.328 e. The summed E-state index contributed by atoms with van der Waals surface area (Å²) in [6.45, 7) is 0.131. The minimum absolute atomic E-state index is 0.0610. The Morgan fingerprint density at radius 3 is 2.36 bits per heavy atom. The Morgan fingerprint density at radius 2 is 1.75 bits per heavy atom. The standard InChI is InChI=1S/C35H36ClN3O5/c1-3-10-44-25-8-9-28-26(14-25)27-15-29(34(42)43-2)39(30(40)19-36)32(31(27)37-28)23-4-6-24(7-5-23)33(41)38-35-16-20-11-21(17-35)13-22(12-20)18-35/h1,4-9,14,20-22,29,32,37H,10-13,15-19H2,2H3,(H,38,41)/t20?,21?,22?,29-,32+,35?/m1/s1. The third-order valence-electron chi connectivity index (χ3n) is 10.3. The number of ether oxygens (including phenoxy) is 2. The number of esters is 1. The number of carbonyl (C=O) groups is 3. The van der Waals surface area contributed by atoms with Crippen LogP contribution in [-0.4, -0.2) is 58.8 Å². The van der Waals surface area contributed by atoms with Gasteiger partial charge >= 0.3 is 5.97 Å². The fourth-order valence-corrected chi connectivity index (χ4v) is 9.11. The van der Waals surface area contributed by atoms with Gasteiger partial charge in [0.05, 0.1) is 13.2 Å². The molecule has 2 amide bonds. The van der Waals surface area contributed by atoms with E-state index in [9.17, 15) is 14.4 Å². The number of rotatable bonds is 7. The summed E-state index contributed by atoms with van der Waals surface area (Å²) in [6.07, 6.45) is 12.8. The van der Waals surface area contributed by atoms with Crippen LogP contribution in [-0.2, 0) is 20.7 Å². The second-order valence-electron chi connectivity index (χ2n) is 13.1. The van der Waals surface area contributed by atoms with Gasteiger partial charge in [-0.25, -0.2) is 4.79 Å². The first kappa shape index (κ1) is 28.8. The number of amides is 2. The van der Waals surface area contributed by atoms with Crippen LogP contribution >= 0.6 is 11.6 Å². The predicted molar refractivity (Wildman–Crippen MR) is 166 cm³/mol. The number of aromatic amines is 1. The molecule has 3 aromatic rings. The van der Waals surface area contributed by atoms with Gasteiger partial charge in [-0.2, -0.15) is 0 Å². The molecule has 0 radical (unpaired) electrons. The molecule has 4 saturated carbocycles. The van der Waals surface area contributed by atoms with Crippen LogP contribution in [0, 0.1) is 30.1 Å². The SMILES string of the molecule is C#CCOc1ccc2[nH]c3c(c2c1)C[C@H](C(=O)OC)N(C(=O)CCl)[C@H]3c1ccc(C(=O)NC23CC4CC(CC(C4)C2)C3)cc1. The first-order valence-corrected chi connectivity index (χ1v) is 15.9. The molecule has 2 aromatic carbocycles. The smallest absolute Gasteiger partial charge is 0.328 e. The fourth-order valence-electron chi connectivity index (χ4n) is 8.97. The van der Waals surface area contributed by atoms with E-state index in [4.69, 9.17) is 27.5 Å². The number of H-pyrrole nitrogens is 1. The van der Waals surface area contributed by atoms with Crippen molar-refractivity contribution in [3.63, 3.8) is 0 Å². The molecule has 1 aromatic heterocycles. The normalized spacial score (nSPS) is 28.3. The zero-order valence-electron chi connectivity index (χ0n) is 24.7. The Bertz CT molecular complexity index is 1640. The molecule has 4 aliphatic carbocycles. The lowest BCUT2D eigenvalue weighted by Crippen LogP contribution is -2.59. The number of methoxy groups -OCH3 is 1. The Labute approximate surface area is 261 Å². The maximum atomic E-state index is 13.6. The third kappa shape index (κ3) is 4.92. The highest BCUT2D eigenvalue weighted by molar-refractivity contribution is 6.27. The van der Waals surface area contributed by atoms with E-state index < -0.39 is 24.0 Å². The third-order valence-corrected chi connectivity index (χ3v) is 10.5. The molecule has 2 atom stereocenters. The average Bonchev–Trinajstić information content (AvgIpc) is 3.38. The van der Waals surface area contributed by atoms with Gasteiger partial charge in [0.1, 0.15) is 24.3 Å². The van der Waals surface area contributed by atoms with Crippen LogP contribution in [0.1, 0.15) is 71.7 Å². The van der Waals surface area contributed by atoms with Crippen molar-refractivity contribution in [3.05, 3.63) is 64.8 Å². The van der Waals surface area contributed by atoms with E-state index in [1.165, 1.54) is 31.3 Å². The second-order valence-corrected chi connectivity index (χ2v) is 13.3. The molecule has 0 spiro atoms. The highest BCUT2D eigenvalue weighted by Gasteiger charge is 2.51. The van der Waals surface area contributed by atoms with Crippen molar-refractivity contribution in [2.45, 2.75) is 62.6 Å². The molecule has 228 valence electrons. The van der Waals surface area contributed by atoms with Crippen LogP contribution in [0.25, 0.3) is 10.9 Å². The van der Waals surface area contributed by atoms with Gasteiger partial charge in [0.15, 0.2) is 0 Å². The van der Waals surface area contributed by atoms with Crippen molar-refractivity contribution < 1.29 is 23.9 Å². The van der Waals surface area contributed by atoms with Crippen molar-refractivity contribution in [2.24, 2.45) is 17.8 Å². The predicted octanol–water partition coefficient (Wildman–Crippen LogP) is 5.13. The molecule has 4 fully saturated rings. The number of aromatic nitrogens is 1. The molecule has 2 N–H and O–H groups in total. The van der Waals surface area contributed by atoms with Crippen LogP contribution in [0.15, 0.2) is 42.5 Å². The number of benzene rings is 2. The molecule has 8 nitrogen and oxygen atoms in total. The molecule has 0 unspecified atom stereocenters. The van der Waals surface area contributed by atoms with Gasteiger partial charge in [0.25, 0.3) is 5.91 Å². The monoisotopic (exact) mass is 613 g/mol. The van der Waals surface area contributed by atoms with Gasteiger partial charge in [-0.3, -0.25) is 9.59 Å². The molecule has 4 bridgehead atoms. The Hall–Kier alpha value is -3.96. The minimum Gasteiger partial charge on any atom is -0.481 e. The molecule has 0 saturated heterocycles. The van der Waals surface area contributed by atoms with Crippen molar-refractivity contribution >= 4 is 40.3 Å². The summed E-state index contributed by atoms with van der Waals surface area (Å²) in [7, 11) is 1.31. The van der Waals surface area contributed by atoms with E-state index >= 15 is 0 Å². The zero-order chi connectivity index (χ0) is 30.6. The molecule has 2 heterocycles. The number of terminal acetylenes is 1. The van der Waals surface area contributed by atoms with Gasteiger partial charge < -0.3 is 24.7 Å². The summed E-state index contributed by atoms with van der Waals surface area (Å²) >= 11 is 6.10. The quantitative estimate of drug-likeness (QED) is 0.219. The molecule has 1 aliphatic heterocycles. The van der Waals surface area contributed by atoms with Crippen LogP contribution in [0.3, 0.4) is 0 Å². The van der Waals surface area contributed by atoms with E-state index in [1.54, 1.807) is 0 Å². The van der Waals surface area contributed by atoms with Crippen molar-refractivity contribution in [1.82, 2.24) is 15.2 Å². The number of halogens is 1. The summed E-state index contributed by atoms with van der Waals surface area (Å²) in [5.41, 5.74) is 3.73. The maximum absolute atomic E-state index is 13.6.